The summed E-state index contributed by atoms with van der Waals surface area (Å²) in [6.07, 6.45) is 1.66. The number of hydrogen-bond acceptors (Lipinski definition) is 2. The van der Waals surface area contributed by atoms with Crippen LogP contribution in [0.15, 0.2) is 30.4 Å². The smallest absolute Gasteiger partial charge is 0.129 e. The molecule has 0 saturated heterocycles. The van der Waals surface area contributed by atoms with E-state index in [0.29, 0.717) is 6.42 Å². The van der Waals surface area contributed by atoms with Gasteiger partial charge in [0, 0.05) is 11.6 Å². The minimum absolute atomic E-state index is 0.0688. The second kappa shape index (κ2) is 6.47. The molecular formula is C13H18F2N2. The molecule has 0 aliphatic carbocycles. The van der Waals surface area contributed by atoms with Crippen molar-refractivity contribution in [1.29, 1.82) is 0 Å². The zero-order valence-electron chi connectivity index (χ0n) is 9.97. The van der Waals surface area contributed by atoms with Crippen molar-refractivity contribution in [3.05, 3.63) is 47.5 Å². The van der Waals surface area contributed by atoms with Crippen molar-refractivity contribution in [2.75, 3.05) is 0 Å². The van der Waals surface area contributed by atoms with Gasteiger partial charge in [-0.25, -0.2) is 8.78 Å². The minimum Gasteiger partial charge on any atom is -0.271 e. The highest BCUT2D eigenvalue weighted by molar-refractivity contribution is 5.21. The predicted molar refractivity (Wildman–Crippen MR) is 65.2 cm³/mol. The van der Waals surface area contributed by atoms with Crippen LogP contribution in [0.1, 0.15) is 25.3 Å². The topological polar surface area (TPSA) is 38.0 Å². The molecule has 0 aliphatic rings. The van der Waals surface area contributed by atoms with Crippen molar-refractivity contribution in [3.8, 4) is 0 Å². The molecule has 0 bridgehead atoms. The lowest BCUT2D eigenvalue weighted by Crippen LogP contribution is -2.37. The Hall–Kier alpha value is -1.26. The first-order chi connectivity index (χ1) is 8.08. The first-order valence-corrected chi connectivity index (χ1v) is 5.64. The summed E-state index contributed by atoms with van der Waals surface area (Å²) < 4.78 is 26.9. The van der Waals surface area contributed by atoms with Crippen molar-refractivity contribution < 1.29 is 8.78 Å². The molecule has 0 radical (unpaired) electrons. The molecule has 0 fully saturated rings. The highest BCUT2D eigenvalue weighted by atomic mass is 19.1. The van der Waals surface area contributed by atoms with E-state index in [9.17, 15) is 8.78 Å². The van der Waals surface area contributed by atoms with Crippen LogP contribution in [0.5, 0.6) is 0 Å². The van der Waals surface area contributed by atoms with Gasteiger partial charge in [0.25, 0.3) is 0 Å². The van der Waals surface area contributed by atoms with E-state index in [1.54, 1.807) is 0 Å². The number of benzene rings is 1. The molecule has 0 spiro atoms. The van der Waals surface area contributed by atoms with Gasteiger partial charge in [0.05, 0.1) is 0 Å². The van der Waals surface area contributed by atoms with Crippen LogP contribution in [0.2, 0.25) is 0 Å². The van der Waals surface area contributed by atoms with E-state index in [2.05, 4.69) is 12.0 Å². The maximum atomic E-state index is 13.4. The van der Waals surface area contributed by atoms with E-state index in [0.717, 1.165) is 12.0 Å². The van der Waals surface area contributed by atoms with E-state index in [-0.39, 0.29) is 18.0 Å². The van der Waals surface area contributed by atoms with Crippen LogP contribution in [0.3, 0.4) is 0 Å². The predicted octanol–water partition coefficient (Wildman–Crippen LogP) is 2.70. The van der Waals surface area contributed by atoms with E-state index >= 15 is 0 Å². The third kappa shape index (κ3) is 3.91. The normalized spacial score (nSPS) is 12.5. The van der Waals surface area contributed by atoms with E-state index in [1.165, 1.54) is 18.2 Å². The van der Waals surface area contributed by atoms with Crippen molar-refractivity contribution in [2.24, 2.45) is 5.84 Å². The zero-order valence-corrected chi connectivity index (χ0v) is 9.97. The van der Waals surface area contributed by atoms with Crippen LogP contribution in [0.25, 0.3) is 0 Å². The van der Waals surface area contributed by atoms with Crippen LogP contribution < -0.4 is 11.3 Å². The first kappa shape index (κ1) is 13.8. The first-order valence-electron chi connectivity index (χ1n) is 5.64. The number of hydrogen-bond donors (Lipinski definition) is 2. The Morgan fingerprint density at radius 3 is 2.47 bits per heavy atom. The summed E-state index contributed by atoms with van der Waals surface area (Å²) in [5.41, 5.74) is 3.65. The maximum Gasteiger partial charge on any atom is 0.129 e. The van der Waals surface area contributed by atoms with Crippen LogP contribution in [0, 0.1) is 11.6 Å². The molecule has 3 N–H and O–H groups in total. The molecule has 0 aromatic heterocycles. The van der Waals surface area contributed by atoms with Gasteiger partial charge in [0.15, 0.2) is 0 Å². The fourth-order valence-corrected chi connectivity index (χ4v) is 1.66. The summed E-state index contributed by atoms with van der Waals surface area (Å²) >= 11 is 0. The Morgan fingerprint density at radius 2 is 2.00 bits per heavy atom. The Morgan fingerprint density at radius 1 is 1.41 bits per heavy atom. The molecule has 1 aromatic carbocycles. The zero-order chi connectivity index (χ0) is 12.8. The summed E-state index contributed by atoms with van der Waals surface area (Å²) in [4.78, 5) is 0. The Labute approximate surface area is 100 Å². The van der Waals surface area contributed by atoms with E-state index in [4.69, 9.17) is 5.84 Å². The molecule has 0 saturated carbocycles. The summed E-state index contributed by atoms with van der Waals surface area (Å²) in [6.45, 7) is 5.85. The molecule has 1 aromatic rings. The van der Waals surface area contributed by atoms with Gasteiger partial charge in [-0.3, -0.25) is 11.3 Å². The van der Waals surface area contributed by atoms with Crippen molar-refractivity contribution in [1.82, 2.24) is 5.43 Å². The third-order valence-electron chi connectivity index (χ3n) is 2.78. The monoisotopic (exact) mass is 240 g/mol. The second-order valence-electron chi connectivity index (χ2n) is 4.08. The van der Waals surface area contributed by atoms with Crippen LogP contribution in [-0.2, 0) is 6.42 Å². The van der Waals surface area contributed by atoms with Crippen molar-refractivity contribution in [2.45, 2.75) is 32.2 Å². The average molecular weight is 240 g/mol. The molecule has 0 heterocycles. The molecule has 4 heteroatoms. The van der Waals surface area contributed by atoms with Crippen LogP contribution in [0.4, 0.5) is 8.78 Å². The number of hydrazine groups is 1. The lowest BCUT2D eigenvalue weighted by Gasteiger charge is -2.17. The molecule has 0 amide bonds. The van der Waals surface area contributed by atoms with Crippen molar-refractivity contribution >= 4 is 0 Å². The van der Waals surface area contributed by atoms with Gasteiger partial charge in [-0.15, -0.1) is 0 Å². The summed E-state index contributed by atoms with van der Waals surface area (Å²) in [7, 11) is 0. The van der Waals surface area contributed by atoms with Gasteiger partial charge in [0.1, 0.15) is 11.6 Å². The van der Waals surface area contributed by atoms with Crippen molar-refractivity contribution in [3.63, 3.8) is 0 Å². The quantitative estimate of drug-likeness (QED) is 0.456. The Balaban J connectivity index is 2.77. The number of nitrogens with two attached hydrogens (primary N) is 1. The molecule has 1 unspecified atom stereocenters. The van der Waals surface area contributed by atoms with Gasteiger partial charge in [0.2, 0.25) is 0 Å². The van der Waals surface area contributed by atoms with Gasteiger partial charge in [-0.05, 0) is 31.4 Å². The van der Waals surface area contributed by atoms with Gasteiger partial charge in [-0.1, -0.05) is 25.1 Å². The molecule has 1 atom stereocenters. The summed E-state index contributed by atoms with van der Waals surface area (Å²) in [5, 5.41) is 0. The highest BCUT2D eigenvalue weighted by Crippen LogP contribution is 2.17. The van der Waals surface area contributed by atoms with Crippen LogP contribution in [-0.4, -0.2) is 6.04 Å². The summed E-state index contributed by atoms with van der Waals surface area (Å²) in [5.74, 6) is 4.32. The molecule has 94 valence electrons. The molecule has 17 heavy (non-hydrogen) atoms. The van der Waals surface area contributed by atoms with Gasteiger partial charge < -0.3 is 0 Å². The average Bonchev–Trinajstić information content (AvgIpc) is 2.32. The molecule has 1 rings (SSSR count). The molecule has 0 aliphatic heterocycles. The van der Waals surface area contributed by atoms with Crippen LogP contribution >= 0.6 is 0 Å². The number of halogens is 2. The molecule has 2 nitrogen and oxygen atoms in total. The number of nitrogens with one attached hydrogen (secondary N) is 1. The lowest BCUT2D eigenvalue weighted by molar-refractivity contribution is 0.481. The minimum atomic E-state index is -0.535. The fourth-order valence-electron chi connectivity index (χ4n) is 1.66. The fraction of sp³-hybridized carbons (Fsp3) is 0.385. The Kier molecular flexibility index (Phi) is 5.25. The maximum absolute atomic E-state index is 13.4. The summed E-state index contributed by atoms with van der Waals surface area (Å²) in [6, 6.07) is 3.65. The third-order valence-corrected chi connectivity index (χ3v) is 2.78. The standard InChI is InChI=1S/C13H18F2N2/c1-3-9(2)7-10(17-16)8-11-12(14)5-4-6-13(11)15/h4-6,10,17H,2-3,7-8,16H2,1H3. The highest BCUT2D eigenvalue weighted by Gasteiger charge is 2.15. The van der Waals surface area contributed by atoms with E-state index in [1.807, 2.05) is 6.92 Å². The van der Waals surface area contributed by atoms with Gasteiger partial charge >= 0.3 is 0 Å². The number of rotatable bonds is 6. The largest absolute Gasteiger partial charge is 0.271 e. The SMILES string of the molecule is C=C(CC)CC(Cc1c(F)cccc1F)NN. The lowest BCUT2D eigenvalue weighted by atomic mass is 9.98. The molecular weight excluding hydrogens is 222 g/mol. The Bertz CT molecular complexity index is 371. The van der Waals surface area contributed by atoms with Gasteiger partial charge in [-0.2, -0.15) is 0 Å². The second-order valence-corrected chi connectivity index (χ2v) is 4.08. The van der Waals surface area contributed by atoms with E-state index < -0.39 is 11.6 Å².